The molecule has 0 aliphatic rings. The zero-order valence-electron chi connectivity index (χ0n) is 14.9. The Balaban J connectivity index is 1.90. The van der Waals surface area contributed by atoms with Gasteiger partial charge >= 0.3 is 17.9 Å². The molecule has 5 nitrogen and oxygen atoms in total. The van der Waals surface area contributed by atoms with Crippen molar-refractivity contribution in [2.45, 2.75) is 26.7 Å². The summed E-state index contributed by atoms with van der Waals surface area (Å²) in [7, 11) is 0. The summed E-state index contributed by atoms with van der Waals surface area (Å²) in [4.78, 5) is 36.2. The first kappa shape index (κ1) is 19.4. The number of aryl methyl sites for hydroxylation is 1. The molecule has 2 aromatic rings. The van der Waals surface area contributed by atoms with E-state index in [1.165, 1.54) is 0 Å². The van der Waals surface area contributed by atoms with Crippen LogP contribution in [0.2, 0.25) is 0 Å². The Bertz CT molecular complexity index is 750. The maximum absolute atomic E-state index is 12.2. The monoisotopic (exact) mass is 354 g/mol. The fraction of sp³-hybridized carbons (Fsp3) is 0.286. The Morgan fingerprint density at radius 2 is 1.46 bits per heavy atom. The second-order valence-electron chi connectivity index (χ2n) is 5.83. The molecular formula is C21H22O5. The molecule has 2 rings (SSSR count). The summed E-state index contributed by atoms with van der Waals surface area (Å²) in [5.74, 6) is -2.61. The Hall–Kier alpha value is -2.95. The van der Waals surface area contributed by atoms with Crippen LogP contribution >= 0.6 is 0 Å². The van der Waals surface area contributed by atoms with Crippen LogP contribution in [0.15, 0.2) is 54.6 Å². The summed E-state index contributed by atoms with van der Waals surface area (Å²) in [6.07, 6.45) is 1.28. The number of esters is 3. The van der Waals surface area contributed by atoms with Crippen LogP contribution in [0.25, 0.3) is 0 Å². The van der Waals surface area contributed by atoms with Gasteiger partial charge in [0.15, 0.2) is 0 Å². The van der Waals surface area contributed by atoms with E-state index in [0.717, 1.165) is 12.0 Å². The summed E-state index contributed by atoms with van der Waals surface area (Å²) in [5.41, 5.74) is 1.84. The third kappa shape index (κ3) is 5.28. The molecule has 1 unspecified atom stereocenters. The maximum atomic E-state index is 12.2. The second-order valence-corrected chi connectivity index (χ2v) is 5.83. The molecule has 136 valence electrons. The highest BCUT2D eigenvalue weighted by Crippen LogP contribution is 2.12. The first-order valence-corrected chi connectivity index (χ1v) is 8.62. The molecule has 0 spiro atoms. The minimum atomic E-state index is -0.712. The standard InChI is InChI=1S/C21H22O5/c1-3-15-10-12-18(13-11-15)19(22)25-14-16(4-2)20(23)26-21(24)17-8-6-5-7-9-17/h5-13,16H,3-4,14H2,1-2H3. The highest BCUT2D eigenvalue weighted by Gasteiger charge is 2.24. The van der Waals surface area contributed by atoms with E-state index in [0.29, 0.717) is 17.5 Å². The predicted octanol–water partition coefficient (Wildman–Crippen LogP) is 3.82. The quantitative estimate of drug-likeness (QED) is 0.558. The van der Waals surface area contributed by atoms with Crippen molar-refractivity contribution >= 4 is 17.9 Å². The first-order chi connectivity index (χ1) is 12.5. The average molecular weight is 354 g/mol. The lowest BCUT2D eigenvalue weighted by atomic mass is 10.1. The van der Waals surface area contributed by atoms with E-state index in [-0.39, 0.29) is 6.61 Å². The molecule has 2 aromatic carbocycles. The maximum Gasteiger partial charge on any atom is 0.345 e. The highest BCUT2D eigenvalue weighted by molar-refractivity contribution is 5.97. The highest BCUT2D eigenvalue weighted by atomic mass is 16.6. The Morgan fingerprint density at radius 1 is 0.846 bits per heavy atom. The lowest BCUT2D eigenvalue weighted by Crippen LogP contribution is -2.26. The molecule has 0 radical (unpaired) electrons. The average Bonchev–Trinajstić information content (AvgIpc) is 2.69. The van der Waals surface area contributed by atoms with Gasteiger partial charge in [-0.1, -0.05) is 44.2 Å². The van der Waals surface area contributed by atoms with Crippen molar-refractivity contribution in [3.63, 3.8) is 0 Å². The van der Waals surface area contributed by atoms with Gasteiger partial charge in [-0.2, -0.15) is 0 Å². The van der Waals surface area contributed by atoms with Crippen LogP contribution in [0, 0.1) is 5.92 Å². The summed E-state index contributed by atoms with van der Waals surface area (Å²) in [6, 6.07) is 15.4. The van der Waals surface area contributed by atoms with Crippen LogP contribution in [-0.4, -0.2) is 24.5 Å². The lowest BCUT2D eigenvalue weighted by molar-refractivity contribution is -0.144. The molecule has 0 saturated heterocycles. The van der Waals surface area contributed by atoms with Crippen molar-refractivity contribution in [3.8, 4) is 0 Å². The van der Waals surface area contributed by atoms with E-state index < -0.39 is 23.8 Å². The van der Waals surface area contributed by atoms with E-state index >= 15 is 0 Å². The van der Waals surface area contributed by atoms with Crippen LogP contribution in [0.5, 0.6) is 0 Å². The van der Waals surface area contributed by atoms with Gasteiger partial charge in [-0.3, -0.25) is 4.79 Å². The van der Waals surface area contributed by atoms with E-state index in [9.17, 15) is 14.4 Å². The van der Waals surface area contributed by atoms with E-state index in [1.807, 2.05) is 19.1 Å². The molecule has 26 heavy (non-hydrogen) atoms. The number of hydrogen-bond donors (Lipinski definition) is 0. The molecule has 5 heteroatoms. The molecule has 0 bridgehead atoms. The minimum Gasteiger partial charge on any atom is -0.461 e. The SMILES string of the molecule is CCc1ccc(C(=O)OCC(CC)C(=O)OC(=O)c2ccccc2)cc1. The van der Waals surface area contributed by atoms with Crippen molar-refractivity contribution in [2.75, 3.05) is 6.61 Å². The van der Waals surface area contributed by atoms with E-state index in [4.69, 9.17) is 9.47 Å². The summed E-state index contributed by atoms with van der Waals surface area (Å²) in [5, 5.41) is 0. The molecule has 0 N–H and O–H groups in total. The number of benzene rings is 2. The van der Waals surface area contributed by atoms with Crippen LogP contribution in [-0.2, 0) is 20.7 Å². The van der Waals surface area contributed by atoms with Gasteiger partial charge in [0, 0.05) is 0 Å². The van der Waals surface area contributed by atoms with Crippen LogP contribution < -0.4 is 0 Å². The Kier molecular flexibility index (Phi) is 7.09. The van der Waals surface area contributed by atoms with Crippen molar-refractivity contribution in [1.82, 2.24) is 0 Å². The van der Waals surface area contributed by atoms with Crippen LogP contribution in [0.4, 0.5) is 0 Å². The summed E-state index contributed by atoms with van der Waals surface area (Å²) >= 11 is 0. The van der Waals surface area contributed by atoms with Crippen molar-refractivity contribution in [1.29, 1.82) is 0 Å². The van der Waals surface area contributed by atoms with Crippen molar-refractivity contribution in [3.05, 3.63) is 71.3 Å². The number of ether oxygens (including phenoxy) is 2. The number of carbonyl (C=O) groups excluding carboxylic acids is 3. The smallest absolute Gasteiger partial charge is 0.345 e. The number of hydrogen-bond acceptors (Lipinski definition) is 5. The summed E-state index contributed by atoms with van der Waals surface area (Å²) in [6.45, 7) is 3.66. The van der Waals surface area contributed by atoms with E-state index in [1.54, 1.807) is 49.4 Å². The van der Waals surface area contributed by atoms with Crippen LogP contribution in [0.1, 0.15) is 46.5 Å². The fourth-order valence-electron chi connectivity index (χ4n) is 2.30. The topological polar surface area (TPSA) is 69.7 Å². The molecule has 0 aliphatic carbocycles. The van der Waals surface area contributed by atoms with Crippen LogP contribution in [0.3, 0.4) is 0 Å². The molecule has 0 heterocycles. The molecule has 0 aliphatic heterocycles. The van der Waals surface area contributed by atoms with Gasteiger partial charge in [-0.25, -0.2) is 9.59 Å². The van der Waals surface area contributed by atoms with Gasteiger partial charge < -0.3 is 9.47 Å². The third-order valence-corrected chi connectivity index (χ3v) is 4.04. The molecule has 0 saturated carbocycles. The van der Waals surface area contributed by atoms with E-state index in [2.05, 4.69) is 0 Å². The fourth-order valence-corrected chi connectivity index (χ4v) is 2.30. The zero-order chi connectivity index (χ0) is 18.9. The minimum absolute atomic E-state index is 0.133. The number of rotatable bonds is 7. The largest absolute Gasteiger partial charge is 0.461 e. The zero-order valence-corrected chi connectivity index (χ0v) is 14.9. The molecular weight excluding hydrogens is 332 g/mol. The third-order valence-electron chi connectivity index (χ3n) is 4.04. The Labute approximate surface area is 152 Å². The lowest BCUT2D eigenvalue weighted by Gasteiger charge is -2.13. The van der Waals surface area contributed by atoms with Gasteiger partial charge in [0.2, 0.25) is 0 Å². The van der Waals surface area contributed by atoms with Gasteiger partial charge in [0.25, 0.3) is 0 Å². The van der Waals surface area contributed by atoms with Gasteiger partial charge in [-0.15, -0.1) is 0 Å². The van der Waals surface area contributed by atoms with Gasteiger partial charge in [-0.05, 0) is 42.7 Å². The molecule has 0 fully saturated rings. The van der Waals surface area contributed by atoms with Crippen molar-refractivity contribution < 1.29 is 23.9 Å². The molecule has 0 amide bonds. The first-order valence-electron chi connectivity index (χ1n) is 8.62. The predicted molar refractivity (Wildman–Crippen MR) is 96.7 cm³/mol. The Morgan fingerprint density at radius 3 is 2.04 bits per heavy atom. The van der Waals surface area contributed by atoms with Gasteiger partial charge in [0.1, 0.15) is 6.61 Å². The second kappa shape index (κ2) is 9.51. The van der Waals surface area contributed by atoms with Crippen molar-refractivity contribution in [2.24, 2.45) is 5.92 Å². The number of carbonyl (C=O) groups is 3. The molecule has 0 aromatic heterocycles. The normalized spacial score (nSPS) is 11.5. The van der Waals surface area contributed by atoms with Gasteiger partial charge in [0.05, 0.1) is 17.0 Å². The summed E-state index contributed by atoms with van der Waals surface area (Å²) < 4.78 is 10.1. The molecule has 1 atom stereocenters.